The lowest BCUT2D eigenvalue weighted by Crippen LogP contribution is -2.58. The molecule has 266 valence electrons. The smallest absolute Gasteiger partial charge is 0.463 e. The highest BCUT2D eigenvalue weighted by Gasteiger charge is 2.47. The standard InChI is InChI=1S/C38H37F5N6O2/c1-2-24-26(39)8-6-21-4-3-5-25(30(21)24)33-32(40)34-31-28(45-33)10-11-29-27-9-7-22(44-27)18-49(29)35(31)47-36(46-34)50-20-37(14-15-37)19-48-16-12-23(13-17-48)51-38(41,42)43/h1,3-6,8,22-23,27,29,44H,7,9-20H2/t22-,27+,29-/m1/s1. The maximum atomic E-state index is 17.1. The van der Waals surface area contributed by atoms with Crippen molar-refractivity contribution < 1.29 is 31.4 Å². The lowest BCUT2D eigenvalue weighted by Gasteiger charge is -2.41. The van der Waals surface area contributed by atoms with Crippen molar-refractivity contribution in [2.45, 2.75) is 82.0 Å². The molecular weight excluding hydrogens is 667 g/mol. The van der Waals surface area contributed by atoms with Crippen LogP contribution in [0.5, 0.6) is 6.01 Å². The second kappa shape index (κ2) is 12.2. The number of nitrogens with one attached hydrogen (secondary N) is 1. The SMILES string of the molecule is C#Cc1c(F)ccc2cccc(-c3nc4c5c(nc(OCC6(CN7CCC(OC(F)(F)F)CC7)CC6)nc5c3F)N3C[C@H]5CC[C@H](N5)[C@H]3CC4)c12. The molecule has 4 aromatic rings. The summed E-state index contributed by atoms with van der Waals surface area (Å²) in [6, 6.07) is 9.03. The van der Waals surface area contributed by atoms with E-state index < -0.39 is 24.1 Å². The van der Waals surface area contributed by atoms with E-state index in [1.165, 1.54) is 6.07 Å². The lowest BCUT2D eigenvalue weighted by atomic mass is 9.95. The molecule has 2 bridgehead atoms. The summed E-state index contributed by atoms with van der Waals surface area (Å²) in [4.78, 5) is 19.1. The van der Waals surface area contributed by atoms with Crippen molar-refractivity contribution in [3.05, 3.63) is 53.2 Å². The number of nitrogens with zero attached hydrogens (tertiary/aromatic N) is 5. The number of terminal acetylenes is 1. The third-order valence-electron chi connectivity index (χ3n) is 11.6. The van der Waals surface area contributed by atoms with Gasteiger partial charge in [-0.1, -0.05) is 30.2 Å². The Labute approximate surface area is 291 Å². The van der Waals surface area contributed by atoms with E-state index in [1.54, 1.807) is 18.2 Å². The summed E-state index contributed by atoms with van der Waals surface area (Å²) in [6.07, 6.45) is 6.22. The van der Waals surface area contributed by atoms with Crippen LogP contribution in [0.15, 0.2) is 30.3 Å². The zero-order valence-corrected chi connectivity index (χ0v) is 27.9. The molecule has 0 spiro atoms. The number of fused-ring (bicyclic) bond motifs is 6. The van der Waals surface area contributed by atoms with E-state index in [1.807, 2.05) is 6.07 Å². The van der Waals surface area contributed by atoms with Crippen molar-refractivity contribution in [1.29, 1.82) is 0 Å². The molecule has 1 aliphatic carbocycles. The van der Waals surface area contributed by atoms with Crippen molar-refractivity contribution >= 4 is 27.5 Å². The van der Waals surface area contributed by atoms with Gasteiger partial charge in [-0.3, -0.25) is 4.74 Å². The fourth-order valence-corrected chi connectivity index (χ4v) is 8.89. The molecule has 6 heterocycles. The fraction of sp³-hybridized carbons (Fsp3) is 0.500. The normalized spacial score (nSPS) is 24.4. The summed E-state index contributed by atoms with van der Waals surface area (Å²) >= 11 is 0. The Morgan fingerprint density at radius 2 is 1.80 bits per heavy atom. The minimum atomic E-state index is -4.63. The predicted octanol–water partition coefficient (Wildman–Crippen LogP) is 6.52. The summed E-state index contributed by atoms with van der Waals surface area (Å²) in [6.45, 7) is 2.72. The number of ether oxygens (including phenoxy) is 2. The van der Waals surface area contributed by atoms with Crippen LogP contribution in [0.1, 0.15) is 56.2 Å². The Hall–Kier alpha value is -4.12. The third-order valence-corrected chi connectivity index (χ3v) is 11.6. The van der Waals surface area contributed by atoms with Crippen LogP contribution in [0.2, 0.25) is 0 Å². The molecule has 0 unspecified atom stereocenters. The molecule has 0 amide bonds. The average Bonchev–Trinajstić information content (AvgIpc) is 3.80. The molecule has 1 N–H and O–H groups in total. The molecule has 13 heteroatoms. The predicted molar refractivity (Wildman–Crippen MR) is 181 cm³/mol. The summed E-state index contributed by atoms with van der Waals surface area (Å²) in [5.74, 6) is 1.86. The van der Waals surface area contributed by atoms with Gasteiger partial charge in [-0.15, -0.1) is 19.6 Å². The summed E-state index contributed by atoms with van der Waals surface area (Å²) < 4.78 is 80.9. The van der Waals surface area contributed by atoms with E-state index in [-0.39, 0.29) is 40.3 Å². The molecule has 51 heavy (non-hydrogen) atoms. The largest absolute Gasteiger partial charge is 0.522 e. The van der Waals surface area contributed by atoms with Gasteiger partial charge >= 0.3 is 12.4 Å². The van der Waals surface area contributed by atoms with Gasteiger partial charge < -0.3 is 19.9 Å². The summed E-state index contributed by atoms with van der Waals surface area (Å²) in [7, 11) is 0. The molecule has 3 saturated heterocycles. The molecule has 4 aliphatic heterocycles. The van der Waals surface area contributed by atoms with Gasteiger partial charge in [0.1, 0.15) is 22.8 Å². The Morgan fingerprint density at radius 1 is 0.980 bits per heavy atom. The molecular formula is C38H37F5N6O2. The molecule has 4 fully saturated rings. The number of piperazine rings is 1. The van der Waals surface area contributed by atoms with E-state index in [2.05, 4.69) is 25.8 Å². The number of aryl methyl sites for hydroxylation is 1. The molecule has 2 aromatic carbocycles. The number of hydrogen-bond donors (Lipinski definition) is 1. The second-order valence-electron chi connectivity index (χ2n) is 14.9. The number of pyridine rings is 1. The number of piperidine rings is 1. The van der Waals surface area contributed by atoms with Crippen molar-refractivity contribution in [3.8, 4) is 29.6 Å². The average molecular weight is 705 g/mol. The van der Waals surface area contributed by atoms with Crippen molar-refractivity contribution in [3.63, 3.8) is 0 Å². The molecule has 5 aliphatic rings. The van der Waals surface area contributed by atoms with Crippen LogP contribution in [-0.2, 0) is 11.2 Å². The molecule has 1 saturated carbocycles. The molecule has 8 nitrogen and oxygen atoms in total. The van der Waals surface area contributed by atoms with Crippen LogP contribution < -0.4 is 15.0 Å². The number of aromatic nitrogens is 3. The van der Waals surface area contributed by atoms with E-state index in [0.717, 1.165) is 38.6 Å². The number of benzene rings is 2. The number of likely N-dealkylation sites (tertiary alicyclic amines) is 1. The van der Waals surface area contributed by atoms with Gasteiger partial charge in [0, 0.05) is 60.7 Å². The Kier molecular flexibility index (Phi) is 7.87. The fourth-order valence-electron chi connectivity index (χ4n) is 8.89. The van der Waals surface area contributed by atoms with Gasteiger partial charge in [0.15, 0.2) is 5.82 Å². The number of halogens is 5. The van der Waals surface area contributed by atoms with E-state index in [0.29, 0.717) is 84.8 Å². The van der Waals surface area contributed by atoms with Crippen LogP contribution in [-0.4, -0.2) is 83.2 Å². The number of anilines is 1. The quantitative estimate of drug-likeness (QED) is 0.172. The summed E-state index contributed by atoms with van der Waals surface area (Å²) in [5.41, 5.74) is 1.09. The van der Waals surface area contributed by atoms with Crippen molar-refractivity contribution in [1.82, 2.24) is 25.2 Å². The van der Waals surface area contributed by atoms with Crippen LogP contribution in [0.4, 0.5) is 27.8 Å². The first kappa shape index (κ1) is 32.8. The molecule has 0 radical (unpaired) electrons. The highest BCUT2D eigenvalue weighted by Crippen LogP contribution is 2.48. The second-order valence-corrected chi connectivity index (χ2v) is 14.9. The first-order valence-corrected chi connectivity index (χ1v) is 17.8. The number of hydrogen-bond acceptors (Lipinski definition) is 8. The van der Waals surface area contributed by atoms with Crippen molar-refractivity contribution in [2.75, 3.05) is 37.7 Å². The van der Waals surface area contributed by atoms with Gasteiger partial charge in [-0.05, 0) is 62.8 Å². The topological polar surface area (TPSA) is 75.6 Å². The highest BCUT2D eigenvalue weighted by atomic mass is 19.4. The van der Waals surface area contributed by atoms with Gasteiger partial charge in [0.05, 0.1) is 29.4 Å². The van der Waals surface area contributed by atoms with E-state index in [9.17, 15) is 17.6 Å². The highest BCUT2D eigenvalue weighted by molar-refractivity contribution is 6.02. The Bertz CT molecular complexity index is 2070. The van der Waals surface area contributed by atoms with Crippen molar-refractivity contribution in [2.24, 2.45) is 5.41 Å². The zero-order chi connectivity index (χ0) is 35.1. The minimum Gasteiger partial charge on any atom is -0.463 e. The van der Waals surface area contributed by atoms with Crippen LogP contribution in [0, 0.1) is 29.4 Å². The number of alkyl halides is 3. The zero-order valence-electron chi connectivity index (χ0n) is 27.9. The molecule has 3 atom stereocenters. The van der Waals surface area contributed by atoms with Crippen LogP contribution >= 0.6 is 0 Å². The van der Waals surface area contributed by atoms with Gasteiger partial charge in [-0.2, -0.15) is 9.97 Å². The first-order valence-electron chi connectivity index (χ1n) is 17.8. The lowest BCUT2D eigenvalue weighted by molar-refractivity contribution is -0.345. The minimum absolute atomic E-state index is 0.0497. The van der Waals surface area contributed by atoms with Gasteiger partial charge in [0.2, 0.25) is 0 Å². The Balaban J connectivity index is 1.08. The first-order chi connectivity index (χ1) is 24.6. The number of rotatable bonds is 7. The van der Waals surface area contributed by atoms with E-state index >= 15 is 4.39 Å². The van der Waals surface area contributed by atoms with Crippen LogP contribution in [0.3, 0.4) is 0 Å². The van der Waals surface area contributed by atoms with Gasteiger partial charge in [-0.25, -0.2) is 13.8 Å². The maximum Gasteiger partial charge on any atom is 0.522 e. The van der Waals surface area contributed by atoms with Gasteiger partial charge in [0.25, 0.3) is 0 Å². The summed E-state index contributed by atoms with van der Waals surface area (Å²) in [5, 5.41) is 5.41. The monoisotopic (exact) mass is 704 g/mol. The maximum absolute atomic E-state index is 17.1. The molecule has 2 aromatic heterocycles. The van der Waals surface area contributed by atoms with Crippen LogP contribution in [0.25, 0.3) is 32.9 Å². The van der Waals surface area contributed by atoms with E-state index in [4.69, 9.17) is 26.1 Å². The third kappa shape index (κ3) is 5.95. The Morgan fingerprint density at radius 3 is 2.57 bits per heavy atom. The molecule has 9 rings (SSSR count).